The van der Waals surface area contributed by atoms with Gasteiger partial charge in [0.1, 0.15) is 0 Å². The van der Waals surface area contributed by atoms with Crippen LogP contribution in [-0.2, 0) is 0 Å². The summed E-state index contributed by atoms with van der Waals surface area (Å²) in [5, 5.41) is 0.853. The van der Waals surface area contributed by atoms with Crippen LogP contribution in [0.15, 0.2) is 11.6 Å². The van der Waals surface area contributed by atoms with E-state index in [1.54, 1.807) is 0 Å². The van der Waals surface area contributed by atoms with Gasteiger partial charge < -0.3 is 4.90 Å². The minimum absolute atomic E-state index is 0.512. The molecule has 0 aromatic carbocycles. The van der Waals surface area contributed by atoms with Gasteiger partial charge in [0, 0.05) is 11.0 Å². The lowest BCUT2D eigenvalue weighted by atomic mass is 9.47. The van der Waals surface area contributed by atoms with E-state index >= 15 is 0 Å². The SMILES string of the molecule is CC(C)CCC[C@@H](C)[C@H]1CCC2[C@@H]3CC=C4CC(SSCCCN(C)C)CC[C@]4(C)[C@H]3CC[C@@]21C. The molecule has 0 aromatic rings. The summed E-state index contributed by atoms with van der Waals surface area (Å²) in [4.78, 5) is 2.32. The van der Waals surface area contributed by atoms with Crippen LogP contribution in [0.3, 0.4) is 0 Å². The van der Waals surface area contributed by atoms with E-state index in [4.69, 9.17) is 0 Å². The molecule has 0 heterocycles. The molecule has 0 aromatic heterocycles. The Balaban J connectivity index is 1.35. The summed E-state index contributed by atoms with van der Waals surface area (Å²) in [5.74, 6) is 7.01. The smallest absolute Gasteiger partial charge is 0.0189 e. The maximum atomic E-state index is 2.79. The predicted molar refractivity (Wildman–Crippen MR) is 160 cm³/mol. The summed E-state index contributed by atoms with van der Waals surface area (Å²) in [7, 11) is 8.75. The van der Waals surface area contributed by atoms with Gasteiger partial charge in [-0.1, -0.05) is 87.1 Å². The summed E-state index contributed by atoms with van der Waals surface area (Å²) in [5.41, 5.74) is 3.01. The van der Waals surface area contributed by atoms with Crippen LogP contribution in [-0.4, -0.2) is 36.5 Å². The van der Waals surface area contributed by atoms with Crippen LogP contribution in [0, 0.1) is 46.3 Å². The van der Waals surface area contributed by atoms with Gasteiger partial charge >= 0.3 is 0 Å². The molecular weight excluding hydrogens is 462 g/mol. The zero-order valence-electron chi connectivity index (χ0n) is 24.3. The first-order chi connectivity index (χ1) is 16.6. The molecule has 4 aliphatic carbocycles. The molecule has 4 aliphatic rings. The third kappa shape index (κ3) is 6.19. The van der Waals surface area contributed by atoms with Crippen LogP contribution in [0.5, 0.6) is 0 Å². The highest BCUT2D eigenvalue weighted by molar-refractivity contribution is 8.76. The third-order valence-electron chi connectivity index (χ3n) is 11.3. The molecule has 202 valence electrons. The van der Waals surface area contributed by atoms with Gasteiger partial charge in [-0.25, -0.2) is 0 Å². The Hall–Kier alpha value is 0.400. The van der Waals surface area contributed by atoms with Gasteiger partial charge in [0.15, 0.2) is 0 Å². The Labute approximate surface area is 227 Å². The van der Waals surface area contributed by atoms with E-state index in [-0.39, 0.29) is 0 Å². The second-order valence-corrected chi connectivity index (χ2v) is 17.0. The van der Waals surface area contributed by atoms with E-state index in [0.717, 1.165) is 40.8 Å². The molecule has 35 heavy (non-hydrogen) atoms. The van der Waals surface area contributed by atoms with Crippen LogP contribution in [0.4, 0.5) is 0 Å². The highest BCUT2D eigenvalue weighted by Gasteiger charge is 2.59. The largest absolute Gasteiger partial charge is 0.309 e. The first kappa shape index (κ1) is 28.4. The quantitative estimate of drug-likeness (QED) is 0.152. The van der Waals surface area contributed by atoms with Gasteiger partial charge in [0.05, 0.1) is 0 Å². The number of rotatable bonds is 11. The van der Waals surface area contributed by atoms with Crippen molar-refractivity contribution in [2.75, 3.05) is 26.4 Å². The van der Waals surface area contributed by atoms with Gasteiger partial charge in [-0.3, -0.25) is 0 Å². The van der Waals surface area contributed by atoms with Crippen molar-refractivity contribution in [1.29, 1.82) is 0 Å². The van der Waals surface area contributed by atoms with Gasteiger partial charge in [-0.2, -0.15) is 0 Å². The molecule has 0 amide bonds. The van der Waals surface area contributed by atoms with Crippen molar-refractivity contribution in [2.45, 2.75) is 117 Å². The van der Waals surface area contributed by atoms with Crippen molar-refractivity contribution in [1.82, 2.24) is 4.90 Å². The molecular formula is C32H57NS2. The Morgan fingerprint density at radius 1 is 0.971 bits per heavy atom. The zero-order chi connectivity index (χ0) is 25.2. The highest BCUT2D eigenvalue weighted by atomic mass is 33.1. The first-order valence-electron chi connectivity index (χ1n) is 15.3. The van der Waals surface area contributed by atoms with E-state index < -0.39 is 0 Å². The number of hydrogen-bond acceptors (Lipinski definition) is 3. The lowest BCUT2D eigenvalue weighted by Crippen LogP contribution is -2.50. The van der Waals surface area contributed by atoms with Crippen molar-refractivity contribution in [3.8, 4) is 0 Å². The van der Waals surface area contributed by atoms with Crippen molar-refractivity contribution in [3.63, 3.8) is 0 Å². The molecule has 3 heteroatoms. The summed E-state index contributed by atoms with van der Waals surface area (Å²) in [6, 6.07) is 0. The molecule has 2 unspecified atom stereocenters. The van der Waals surface area contributed by atoms with E-state index in [0.29, 0.717) is 10.8 Å². The molecule has 3 fully saturated rings. The zero-order valence-corrected chi connectivity index (χ0v) is 25.9. The minimum Gasteiger partial charge on any atom is -0.309 e. The van der Waals surface area contributed by atoms with Crippen LogP contribution in [0.1, 0.15) is 112 Å². The van der Waals surface area contributed by atoms with Crippen LogP contribution < -0.4 is 0 Å². The molecule has 8 atom stereocenters. The van der Waals surface area contributed by atoms with Gasteiger partial charge in [0.2, 0.25) is 0 Å². The van der Waals surface area contributed by atoms with E-state index in [9.17, 15) is 0 Å². The number of allylic oxidation sites excluding steroid dienone is 2. The maximum Gasteiger partial charge on any atom is 0.0189 e. The number of nitrogens with zero attached hydrogens (tertiary/aromatic N) is 1. The fraction of sp³-hybridized carbons (Fsp3) is 0.938. The Morgan fingerprint density at radius 2 is 1.77 bits per heavy atom. The van der Waals surface area contributed by atoms with Crippen molar-refractivity contribution >= 4 is 21.6 Å². The normalized spacial score (nSPS) is 39.8. The predicted octanol–water partition coefficient (Wildman–Crippen LogP) is 9.73. The topological polar surface area (TPSA) is 3.24 Å². The molecule has 0 spiro atoms. The standard InChI is InChI=1S/C32H57NS2/c1-23(2)10-8-11-24(3)28-14-15-29-27-13-12-25-22-26(35-34-21-9-20-33(6)7)16-18-31(25,4)30(27)17-19-32(28,29)5/h12,23-24,26-30H,8-11,13-22H2,1-7H3/t24-,26?,27+,28-,29?,30+,31+,32-/m1/s1. The summed E-state index contributed by atoms with van der Waals surface area (Å²) in [6.45, 7) is 14.1. The molecule has 3 saturated carbocycles. The minimum atomic E-state index is 0.512. The van der Waals surface area contributed by atoms with Crippen LogP contribution in [0.2, 0.25) is 0 Å². The Kier molecular flexibility index (Phi) is 9.79. The van der Waals surface area contributed by atoms with Crippen LogP contribution >= 0.6 is 21.6 Å². The summed E-state index contributed by atoms with van der Waals surface area (Å²) in [6.07, 6.45) is 20.2. The lowest BCUT2D eigenvalue weighted by Gasteiger charge is -2.58. The van der Waals surface area contributed by atoms with Crippen LogP contribution in [0.25, 0.3) is 0 Å². The fourth-order valence-electron chi connectivity index (χ4n) is 9.32. The number of fused-ring (bicyclic) bond motifs is 5. The molecule has 0 radical (unpaired) electrons. The Bertz CT molecular complexity index is 716. The average molecular weight is 520 g/mol. The fourth-order valence-corrected chi connectivity index (χ4v) is 12.0. The van der Waals surface area contributed by atoms with Gasteiger partial charge in [-0.05, 0) is 125 Å². The summed E-state index contributed by atoms with van der Waals surface area (Å²) >= 11 is 0. The lowest BCUT2D eigenvalue weighted by molar-refractivity contribution is -0.0497. The molecule has 4 rings (SSSR count). The van der Waals surface area contributed by atoms with Gasteiger partial charge in [-0.15, -0.1) is 0 Å². The third-order valence-corrected chi connectivity index (χ3v) is 14.3. The molecule has 0 saturated heterocycles. The van der Waals surface area contributed by atoms with Crippen molar-refractivity contribution in [3.05, 3.63) is 11.6 Å². The average Bonchev–Trinajstić information content (AvgIpc) is 3.15. The number of hydrogen-bond donors (Lipinski definition) is 0. The molecule has 0 N–H and O–H groups in total. The monoisotopic (exact) mass is 519 g/mol. The van der Waals surface area contributed by atoms with Gasteiger partial charge in [0.25, 0.3) is 0 Å². The second-order valence-electron chi connectivity index (χ2n) is 14.2. The van der Waals surface area contributed by atoms with Crippen molar-refractivity contribution < 1.29 is 0 Å². The summed E-state index contributed by atoms with van der Waals surface area (Å²) < 4.78 is 0. The van der Waals surface area contributed by atoms with Crippen molar-refractivity contribution in [2.24, 2.45) is 46.3 Å². The molecule has 1 nitrogen and oxygen atoms in total. The van der Waals surface area contributed by atoms with E-state index in [1.807, 2.05) is 5.57 Å². The first-order valence-corrected chi connectivity index (χ1v) is 17.7. The second kappa shape index (κ2) is 12.1. The Morgan fingerprint density at radius 3 is 2.51 bits per heavy atom. The maximum absolute atomic E-state index is 2.79. The van der Waals surface area contributed by atoms with E-state index in [2.05, 4.69) is 81.3 Å². The highest BCUT2D eigenvalue weighted by Crippen LogP contribution is 2.67. The molecule has 0 aliphatic heterocycles. The molecule has 0 bridgehead atoms. The van der Waals surface area contributed by atoms with E-state index in [1.165, 1.54) is 89.3 Å².